The Balaban J connectivity index is 1.76. The maximum absolute atomic E-state index is 12.4. The lowest BCUT2D eigenvalue weighted by Crippen LogP contribution is -2.12. The van der Waals surface area contributed by atoms with Crippen LogP contribution in [0.1, 0.15) is 15.9 Å². The van der Waals surface area contributed by atoms with Crippen LogP contribution in [0.3, 0.4) is 0 Å². The number of benzene rings is 2. The molecule has 0 spiro atoms. The lowest BCUT2D eigenvalue weighted by Gasteiger charge is -2.09. The Labute approximate surface area is 153 Å². The molecule has 122 valence electrons. The van der Waals surface area contributed by atoms with Crippen LogP contribution < -0.4 is 10.6 Å². The molecule has 0 saturated heterocycles. The maximum Gasteiger partial charge on any atom is 0.257 e. The number of nitrogens with one attached hydrogen (secondary N) is 2. The molecule has 0 fully saturated rings. The van der Waals surface area contributed by atoms with Gasteiger partial charge in [-0.2, -0.15) is 5.26 Å². The lowest BCUT2D eigenvalue weighted by molar-refractivity contribution is 0.102. The first-order valence-electron chi connectivity index (χ1n) is 7.43. The van der Waals surface area contributed by atoms with E-state index in [1.165, 1.54) is 6.20 Å². The molecule has 25 heavy (non-hydrogen) atoms. The molecule has 0 atom stereocenters. The predicted molar refractivity (Wildman–Crippen MR) is 101 cm³/mol. The molecular weight excluding hydrogens is 380 g/mol. The van der Waals surface area contributed by atoms with Crippen LogP contribution in [-0.4, -0.2) is 10.9 Å². The summed E-state index contributed by atoms with van der Waals surface area (Å²) in [5, 5.41) is 14.9. The fraction of sp³-hybridized carbons (Fsp3) is 0. The second-order valence-electron chi connectivity index (χ2n) is 5.24. The summed E-state index contributed by atoms with van der Waals surface area (Å²) < 4.78 is 0.885. The zero-order valence-electron chi connectivity index (χ0n) is 13.0. The molecule has 0 unspecified atom stereocenters. The number of nitrogens with zero attached hydrogens (tertiary/aromatic N) is 2. The number of hydrogen-bond donors (Lipinski definition) is 2. The number of aromatic nitrogens is 1. The average molecular weight is 393 g/mol. The van der Waals surface area contributed by atoms with Crippen LogP contribution in [0, 0.1) is 11.3 Å². The van der Waals surface area contributed by atoms with E-state index in [1.807, 2.05) is 30.3 Å². The standard InChI is InChI=1S/C19H13BrN4O/c20-15-4-2-6-17(9-15)24-19(25)14-8-18(12-22-11-14)23-16-5-1-3-13(7-16)10-21/h1-9,11-12,23H,(H,24,25). The highest BCUT2D eigenvalue weighted by Gasteiger charge is 2.08. The number of rotatable bonds is 4. The van der Waals surface area contributed by atoms with Crippen molar-refractivity contribution in [3.05, 3.63) is 82.6 Å². The summed E-state index contributed by atoms with van der Waals surface area (Å²) in [6, 6.07) is 18.3. The summed E-state index contributed by atoms with van der Waals surface area (Å²) in [6.07, 6.45) is 3.12. The third kappa shape index (κ3) is 4.43. The summed E-state index contributed by atoms with van der Waals surface area (Å²) in [4.78, 5) is 16.5. The zero-order valence-corrected chi connectivity index (χ0v) is 14.6. The molecule has 0 radical (unpaired) electrons. The molecule has 0 bridgehead atoms. The van der Waals surface area contributed by atoms with Gasteiger partial charge in [0, 0.05) is 22.0 Å². The van der Waals surface area contributed by atoms with Crippen LogP contribution in [0.5, 0.6) is 0 Å². The van der Waals surface area contributed by atoms with Crippen molar-refractivity contribution in [3.8, 4) is 6.07 Å². The minimum absolute atomic E-state index is 0.250. The number of amides is 1. The second kappa shape index (κ2) is 7.60. The van der Waals surface area contributed by atoms with Crippen LogP contribution in [-0.2, 0) is 0 Å². The number of hydrogen-bond acceptors (Lipinski definition) is 4. The van der Waals surface area contributed by atoms with E-state index in [2.05, 4.69) is 37.6 Å². The van der Waals surface area contributed by atoms with Gasteiger partial charge >= 0.3 is 0 Å². The van der Waals surface area contributed by atoms with E-state index in [4.69, 9.17) is 5.26 Å². The molecule has 2 N–H and O–H groups in total. The number of pyridine rings is 1. The van der Waals surface area contributed by atoms with Gasteiger partial charge in [0.1, 0.15) is 0 Å². The molecule has 5 nitrogen and oxygen atoms in total. The Bertz CT molecular complexity index is 965. The molecule has 0 saturated carbocycles. The molecule has 2 aromatic carbocycles. The fourth-order valence-electron chi connectivity index (χ4n) is 2.24. The predicted octanol–water partition coefficient (Wildman–Crippen LogP) is 4.71. The fourth-order valence-corrected chi connectivity index (χ4v) is 2.63. The lowest BCUT2D eigenvalue weighted by atomic mass is 10.2. The van der Waals surface area contributed by atoms with E-state index in [0.29, 0.717) is 22.5 Å². The first-order valence-corrected chi connectivity index (χ1v) is 8.22. The van der Waals surface area contributed by atoms with Crippen molar-refractivity contribution in [2.75, 3.05) is 10.6 Å². The summed E-state index contributed by atoms with van der Waals surface area (Å²) >= 11 is 3.37. The molecule has 1 amide bonds. The van der Waals surface area contributed by atoms with E-state index in [1.54, 1.807) is 30.5 Å². The van der Waals surface area contributed by atoms with Crippen molar-refractivity contribution in [2.45, 2.75) is 0 Å². The van der Waals surface area contributed by atoms with Crippen molar-refractivity contribution < 1.29 is 4.79 Å². The molecule has 0 aliphatic heterocycles. The van der Waals surface area contributed by atoms with E-state index < -0.39 is 0 Å². The second-order valence-corrected chi connectivity index (χ2v) is 6.16. The molecule has 0 aliphatic carbocycles. The number of carbonyl (C=O) groups excluding carboxylic acids is 1. The van der Waals surface area contributed by atoms with Gasteiger partial charge < -0.3 is 10.6 Å². The first kappa shape index (κ1) is 16.7. The SMILES string of the molecule is N#Cc1cccc(Nc2cncc(C(=O)Nc3cccc(Br)c3)c2)c1. The van der Waals surface area contributed by atoms with E-state index >= 15 is 0 Å². The average Bonchev–Trinajstić information content (AvgIpc) is 2.62. The van der Waals surface area contributed by atoms with E-state index in [0.717, 1.165) is 10.2 Å². The molecule has 3 rings (SSSR count). The first-order chi connectivity index (χ1) is 12.1. The molecular formula is C19H13BrN4O. The monoisotopic (exact) mass is 392 g/mol. The number of carbonyl (C=O) groups is 1. The van der Waals surface area contributed by atoms with Gasteiger partial charge in [-0.25, -0.2) is 0 Å². The van der Waals surface area contributed by atoms with Crippen molar-refractivity contribution in [2.24, 2.45) is 0 Å². The topological polar surface area (TPSA) is 77.8 Å². The Morgan fingerprint density at radius 1 is 1.00 bits per heavy atom. The van der Waals surface area contributed by atoms with E-state index in [-0.39, 0.29) is 5.91 Å². The molecule has 1 aromatic heterocycles. The van der Waals surface area contributed by atoms with Gasteiger partial charge in [0.05, 0.1) is 29.1 Å². The van der Waals surface area contributed by atoms with Crippen molar-refractivity contribution in [3.63, 3.8) is 0 Å². The van der Waals surface area contributed by atoms with Crippen molar-refractivity contribution in [1.82, 2.24) is 4.98 Å². The third-order valence-electron chi connectivity index (χ3n) is 3.36. The number of nitriles is 1. The van der Waals surface area contributed by atoms with Crippen LogP contribution >= 0.6 is 15.9 Å². The van der Waals surface area contributed by atoms with Crippen LogP contribution in [0.2, 0.25) is 0 Å². The van der Waals surface area contributed by atoms with Crippen LogP contribution in [0.4, 0.5) is 17.1 Å². The Hall–Kier alpha value is -3.17. The van der Waals surface area contributed by atoms with Gasteiger partial charge in [-0.15, -0.1) is 0 Å². The van der Waals surface area contributed by atoms with Crippen molar-refractivity contribution in [1.29, 1.82) is 5.26 Å². The maximum atomic E-state index is 12.4. The summed E-state index contributed by atoms with van der Waals surface area (Å²) in [5.41, 5.74) is 3.10. The number of halogens is 1. The summed E-state index contributed by atoms with van der Waals surface area (Å²) in [6.45, 7) is 0. The van der Waals surface area contributed by atoms with Crippen LogP contribution in [0.15, 0.2) is 71.5 Å². The highest BCUT2D eigenvalue weighted by Crippen LogP contribution is 2.19. The molecule has 3 aromatic rings. The van der Waals surface area contributed by atoms with Crippen LogP contribution in [0.25, 0.3) is 0 Å². The largest absolute Gasteiger partial charge is 0.354 e. The zero-order chi connectivity index (χ0) is 17.6. The minimum atomic E-state index is -0.250. The van der Waals surface area contributed by atoms with Gasteiger partial charge in [0.15, 0.2) is 0 Å². The minimum Gasteiger partial charge on any atom is -0.354 e. The third-order valence-corrected chi connectivity index (χ3v) is 3.86. The summed E-state index contributed by atoms with van der Waals surface area (Å²) in [5.74, 6) is -0.250. The van der Waals surface area contributed by atoms with Gasteiger partial charge in [-0.1, -0.05) is 28.1 Å². The van der Waals surface area contributed by atoms with Gasteiger partial charge in [0.25, 0.3) is 5.91 Å². The van der Waals surface area contributed by atoms with Gasteiger partial charge in [-0.05, 0) is 42.5 Å². The van der Waals surface area contributed by atoms with Gasteiger partial charge in [-0.3, -0.25) is 9.78 Å². The molecule has 0 aliphatic rings. The van der Waals surface area contributed by atoms with E-state index in [9.17, 15) is 4.79 Å². The highest BCUT2D eigenvalue weighted by molar-refractivity contribution is 9.10. The smallest absolute Gasteiger partial charge is 0.257 e. The highest BCUT2D eigenvalue weighted by atomic mass is 79.9. The quantitative estimate of drug-likeness (QED) is 0.673. The normalized spacial score (nSPS) is 9.92. The summed E-state index contributed by atoms with van der Waals surface area (Å²) in [7, 11) is 0. The van der Waals surface area contributed by atoms with Gasteiger partial charge in [0.2, 0.25) is 0 Å². The Morgan fingerprint density at radius 2 is 1.80 bits per heavy atom. The Morgan fingerprint density at radius 3 is 2.60 bits per heavy atom. The van der Waals surface area contributed by atoms with Crippen molar-refractivity contribution >= 4 is 38.9 Å². The Kier molecular flexibility index (Phi) is 5.07. The number of anilines is 3. The molecule has 6 heteroatoms. The molecule has 1 heterocycles.